The maximum atomic E-state index is 11.9. The monoisotopic (exact) mass is 313 g/mol. The number of hydrogen-bond acceptors (Lipinski definition) is 6. The third-order valence-electron chi connectivity index (χ3n) is 2.72. The maximum absolute atomic E-state index is 11.9. The van der Waals surface area contributed by atoms with Crippen molar-refractivity contribution in [2.75, 3.05) is 18.1 Å². The quantitative estimate of drug-likeness (QED) is 0.765. The van der Waals surface area contributed by atoms with Crippen molar-refractivity contribution in [2.24, 2.45) is 0 Å². The summed E-state index contributed by atoms with van der Waals surface area (Å²) in [6.45, 7) is 0. The van der Waals surface area contributed by atoms with Crippen molar-refractivity contribution in [3.8, 4) is 0 Å². The standard InChI is InChI=1S/C10H12BrN5O2/c1-16-7(17)3-2-6(9(16)18)14-8-5(11)4-13-10(12)15-8/h4,6H,2-3H2,1H3,(H3,12,13,14,15). The van der Waals surface area contributed by atoms with Gasteiger partial charge in [0.1, 0.15) is 11.9 Å². The summed E-state index contributed by atoms with van der Waals surface area (Å²) < 4.78 is 0.615. The molecule has 1 fully saturated rings. The zero-order chi connectivity index (χ0) is 13.3. The predicted molar refractivity (Wildman–Crippen MR) is 68.6 cm³/mol. The van der Waals surface area contributed by atoms with Crippen LogP contribution in [-0.4, -0.2) is 39.8 Å². The van der Waals surface area contributed by atoms with Crippen molar-refractivity contribution in [3.05, 3.63) is 10.7 Å². The highest BCUT2D eigenvalue weighted by Crippen LogP contribution is 2.22. The second-order valence-corrected chi connectivity index (χ2v) is 4.81. The summed E-state index contributed by atoms with van der Waals surface area (Å²) in [7, 11) is 1.47. The Labute approximate surface area is 112 Å². The highest BCUT2D eigenvalue weighted by Gasteiger charge is 2.32. The van der Waals surface area contributed by atoms with E-state index in [-0.39, 0.29) is 17.8 Å². The van der Waals surface area contributed by atoms with Crippen molar-refractivity contribution in [2.45, 2.75) is 18.9 Å². The fourth-order valence-electron chi connectivity index (χ4n) is 1.70. The predicted octanol–water partition coefficient (Wildman–Crippen LogP) is 0.381. The Kier molecular flexibility index (Phi) is 3.46. The zero-order valence-electron chi connectivity index (χ0n) is 9.68. The second-order valence-electron chi connectivity index (χ2n) is 3.95. The number of amides is 2. The van der Waals surface area contributed by atoms with E-state index in [4.69, 9.17) is 5.73 Å². The molecule has 1 aliphatic rings. The number of nitrogens with zero attached hydrogens (tertiary/aromatic N) is 3. The van der Waals surface area contributed by atoms with Gasteiger partial charge >= 0.3 is 0 Å². The first kappa shape index (κ1) is 12.7. The topological polar surface area (TPSA) is 101 Å². The molecule has 0 spiro atoms. The Morgan fingerprint density at radius 3 is 3.00 bits per heavy atom. The minimum Gasteiger partial charge on any atom is -0.368 e. The van der Waals surface area contributed by atoms with E-state index < -0.39 is 6.04 Å². The Morgan fingerprint density at radius 1 is 1.56 bits per heavy atom. The molecule has 2 amide bonds. The number of piperidine rings is 1. The molecule has 0 bridgehead atoms. The van der Waals surface area contributed by atoms with Crippen LogP contribution in [0.25, 0.3) is 0 Å². The van der Waals surface area contributed by atoms with Gasteiger partial charge in [-0.2, -0.15) is 4.98 Å². The molecular formula is C10H12BrN5O2. The molecule has 2 heterocycles. The average molecular weight is 314 g/mol. The smallest absolute Gasteiger partial charge is 0.251 e. The number of likely N-dealkylation sites (N-methyl/N-ethyl adjacent to an activating group) is 1. The summed E-state index contributed by atoms with van der Waals surface area (Å²) in [5.74, 6) is 0.131. The average Bonchev–Trinajstić information content (AvgIpc) is 2.34. The number of nitrogens with one attached hydrogen (secondary N) is 1. The fourth-order valence-corrected chi connectivity index (χ4v) is 2.00. The van der Waals surface area contributed by atoms with Crippen molar-refractivity contribution in [3.63, 3.8) is 0 Å². The molecule has 0 radical (unpaired) electrons. The van der Waals surface area contributed by atoms with E-state index in [0.29, 0.717) is 23.1 Å². The van der Waals surface area contributed by atoms with Gasteiger partial charge in [0.2, 0.25) is 11.9 Å². The summed E-state index contributed by atoms with van der Waals surface area (Å²) in [6.07, 6.45) is 2.28. The minimum atomic E-state index is -0.474. The molecule has 1 saturated heterocycles. The number of halogens is 1. The van der Waals surface area contributed by atoms with Gasteiger partial charge in [-0.25, -0.2) is 4.98 Å². The highest BCUT2D eigenvalue weighted by atomic mass is 79.9. The van der Waals surface area contributed by atoms with Crippen LogP contribution in [0.4, 0.5) is 11.8 Å². The van der Waals surface area contributed by atoms with Gasteiger partial charge in [-0.1, -0.05) is 0 Å². The van der Waals surface area contributed by atoms with Crippen LogP contribution in [-0.2, 0) is 9.59 Å². The van der Waals surface area contributed by atoms with Crippen LogP contribution in [0.5, 0.6) is 0 Å². The van der Waals surface area contributed by atoms with E-state index in [1.807, 2.05) is 0 Å². The van der Waals surface area contributed by atoms with E-state index >= 15 is 0 Å². The third kappa shape index (κ3) is 2.42. The summed E-state index contributed by atoms with van der Waals surface area (Å²) in [5.41, 5.74) is 5.48. The molecular weight excluding hydrogens is 302 g/mol. The number of carbonyl (C=O) groups excluding carboxylic acids is 2. The third-order valence-corrected chi connectivity index (χ3v) is 3.30. The van der Waals surface area contributed by atoms with Crippen molar-refractivity contribution < 1.29 is 9.59 Å². The van der Waals surface area contributed by atoms with Gasteiger partial charge in [-0.15, -0.1) is 0 Å². The van der Waals surface area contributed by atoms with Crippen molar-refractivity contribution in [1.82, 2.24) is 14.9 Å². The molecule has 7 nitrogen and oxygen atoms in total. The van der Waals surface area contributed by atoms with E-state index in [1.54, 1.807) is 0 Å². The van der Waals surface area contributed by atoms with Crippen LogP contribution >= 0.6 is 15.9 Å². The van der Waals surface area contributed by atoms with Crippen molar-refractivity contribution >= 4 is 39.5 Å². The highest BCUT2D eigenvalue weighted by molar-refractivity contribution is 9.10. The minimum absolute atomic E-state index is 0.119. The van der Waals surface area contributed by atoms with E-state index in [9.17, 15) is 9.59 Å². The van der Waals surface area contributed by atoms with E-state index in [0.717, 1.165) is 4.90 Å². The molecule has 1 aromatic rings. The number of likely N-dealkylation sites (tertiary alicyclic amines) is 1. The Bertz CT molecular complexity index is 507. The molecule has 0 aliphatic carbocycles. The number of anilines is 2. The zero-order valence-corrected chi connectivity index (χ0v) is 11.3. The molecule has 1 atom stereocenters. The fraction of sp³-hybridized carbons (Fsp3) is 0.400. The Morgan fingerprint density at radius 2 is 2.28 bits per heavy atom. The molecule has 2 rings (SSSR count). The van der Waals surface area contributed by atoms with Crippen LogP contribution in [0.15, 0.2) is 10.7 Å². The number of hydrogen-bond donors (Lipinski definition) is 2. The van der Waals surface area contributed by atoms with Gasteiger partial charge < -0.3 is 11.1 Å². The van der Waals surface area contributed by atoms with Gasteiger partial charge in [0.05, 0.1) is 4.47 Å². The number of carbonyl (C=O) groups is 2. The summed E-state index contributed by atoms with van der Waals surface area (Å²) in [5, 5.41) is 2.97. The van der Waals surface area contributed by atoms with Gasteiger partial charge in [-0.3, -0.25) is 14.5 Å². The number of imide groups is 1. The molecule has 0 aromatic carbocycles. The first-order valence-corrected chi connectivity index (χ1v) is 6.13. The number of rotatable bonds is 2. The SMILES string of the molecule is CN1C(=O)CCC(Nc2nc(N)ncc2Br)C1=O. The van der Waals surface area contributed by atoms with Crippen LogP contribution < -0.4 is 11.1 Å². The van der Waals surface area contributed by atoms with Gasteiger partial charge in [0, 0.05) is 19.7 Å². The Balaban J connectivity index is 2.16. The van der Waals surface area contributed by atoms with Gasteiger partial charge in [0.25, 0.3) is 5.91 Å². The second kappa shape index (κ2) is 4.89. The Hall–Kier alpha value is -1.70. The lowest BCUT2D eigenvalue weighted by Gasteiger charge is -2.28. The summed E-state index contributed by atoms with van der Waals surface area (Å²) in [4.78, 5) is 32.2. The molecule has 1 aromatic heterocycles. The maximum Gasteiger partial charge on any atom is 0.251 e. The lowest BCUT2D eigenvalue weighted by molar-refractivity contribution is -0.146. The molecule has 0 saturated carbocycles. The number of nitrogens with two attached hydrogens (primary N) is 1. The summed E-state index contributed by atoms with van der Waals surface area (Å²) in [6, 6.07) is -0.474. The van der Waals surface area contributed by atoms with Crippen LogP contribution in [0.3, 0.4) is 0 Å². The lowest BCUT2D eigenvalue weighted by Crippen LogP contribution is -2.48. The largest absolute Gasteiger partial charge is 0.368 e. The molecule has 96 valence electrons. The van der Waals surface area contributed by atoms with Crippen molar-refractivity contribution in [1.29, 1.82) is 0 Å². The van der Waals surface area contributed by atoms with Gasteiger partial charge in [-0.05, 0) is 22.4 Å². The molecule has 3 N–H and O–H groups in total. The molecule has 8 heteroatoms. The molecule has 18 heavy (non-hydrogen) atoms. The molecule has 1 unspecified atom stereocenters. The first-order valence-electron chi connectivity index (χ1n) is 5.34. The van der Waals surface area contributed by atoms with Crippen LogP contribution in [0, 0.1) is 0 Å². The van der Waals surface area contributed by atoms with Gasteiger partial charge in [0.15, 0.2) is 0 Å². The summed E-state index contributed by atoms with van der Waals surface area (Å²) >= 11 is 3.27. The number of nitrogen functional groups attached to an aromatic ring is 1. The number of aromatic nitrogens is 2. The molecule has 1 aliphatic heterocycles. The van der Waals surface area contributed by atoms with E-state index in [1.165, 1.54) is 13.2 Å². The normalized spacial score (nSPS) is 20.1. The lowest BCUT2D eigenvalue weighted by atomic mass is 10.0. The first-order chi connectivity index (χ1) is 8.49. The van der Waals surface area contributed by atoms with E-state index in [2.05, 4.69) is 31.2 Å². The van der Waals surface area contributed by atoms with Crippen LogP contribution in [0.1, 0.15) is 12.8 Å². The van der Waals surface area contributed by atoms with Crippen LogP contribution in [0.2, 0.25) is 0 Å².